The average molecular weight is 456 g/mol. The highest BCUT2D eigenvalue weighted by Crippen LogP contribution is 2.50. The molecule has 2 aliphatic rings. The van der Waals surface area contributed by atoms with Gasteiger partial charge < -0.3 is 5.73 Å². The number of hydrogen-bond donors (Lipinski definition) is 1. The molecule has 7 heteroatoms. The second-order valence-electron chi connectivity index (χ2n) is 7.28. The third-order valence-corrected chi connectivity index (χ3v) is 8.09. The number of carbonyl (C=O) groups excluding carboxylic acids is 1. The fourth-order valence-corrected chi connectivity index (χ4v) is 6.48. The molecule has 1 aromatic carbocycles. The first kappa shape index (κ1) is 21.0. The number of nitrogens with two attached hydrogens (primary N) is 1. The molecule has 30 heavy (non-hydrogen) atoms. The van der Waals surface area contributed by atoms with Crippen LogP contribution in [0.1, 0.15) is 42.5 Å². The summed E-state index contributed by atoms with van der Waals surface area (Å²) in [5.74, 6) is 1.02. The summed E-state index contributed by atoms with van der Waals surface area (Å²) in [6, 6.07) is 10.1. The first-order valence-corrected chi connectivity index (χ1v) is 12.1. The molecule has 0 radical (unpaired) electrons. The Hall–Kier alpha value is -2.20. The topological polar surface area (TPSA) is 70.1 Å². The molecule has 2 N–H and O–H groups in total. The average Bonchev–Trinajstić information content (AvgIpc) is 3.18. The lowest BCUT2D eigenvalue weighted by Crippen LogP contribution is -2.39. The van der Waals surface area contributed by atoms with Crippen molar-refractivity contribution in [3.63, 3.8) is 0 Å². The van der Waals surface area contributed by atoms with Gasteiger partial charge in [0.15, 0.2) is 5.78 Å². The fraction of sp³-hybridized carbons (Fsp3) is 0.304. The molecular weight excluding hydrogens is 434 g/mol. The van der Waals surface area contributed by atoms with Crippen molar-refractivity contribution in [2.24, 2.45) is 5.73 Å². The van der Waals surface area contributed by atoms with Gasteiger partial charge in [-0.2, -0.15) is 5.26 Å². The summed E-state index contributed by atoms with van der Waals surface area (Å²) in [5.41, 5.74) is 10.4. The van der Waals surface area contributed by atoms with Gasteiger partial charge in [0.05, 0.1) is 23.2 Å². The lowest BCUT2D eigenvalue weighted by Gasteiger charge is -2.40. The number of hydrogen-bond acceptors (Lipinski definition) is 6. The number of thioether (sulfide) groups is 1. The lowest BCUT2D eigenvalue weighted by molar-refractivity contribution is -0.116. The number of ketones is 1. The van der Waals surface area contributed by atoms with Crippen LogP contribution < -0.4 is 10.6 Å². The van der Waals surface area contributed by atoms with Crippen LogP contribution in [0.5, 0.6) is 0 Å². The molecule has 0 saturated heterocycles. The van der Waals surface area contributed by atoms with Gasteiger partial charge in [0, 0.05) is 32.5 Å². The van der Waals surface area contributed by atoms with Crippen molar-refractivity contribution in [3.05, 3.63) is 67.8 Å². The van der Waals surface area contributed by atoms with Crippen LogP contribution in [0.4, 0.5) is 5.69 Å². The van der Waals surface area contributed by atoms with Crippen LogP contribution in [0.15, 0.2) is 57.2 Å². The quantitative estimate of drug-likeness (QED) is 0.561. The van der Waals surface area contributed by atoms with Crippen molar-refractivity contribution >= 4 is 46.2 Å². The summed E-state index contributed by atoms with van der Waals surface area (Å²) in [7, 11) is 0. The van der Waals surface area contributed by atoms with Crippen LogP contribution in [-0.2, 0) is 4.79 Å². The van der Waals surface area contributed by atoms with E-state index in [9.17, 15) is 10.1 Å². The lowest BCUT2D eigenvalue weighted by atomic mass is 9.78. The minimum absolute atomic E-state index is 0.104. The van der Waals surface area contributed by atoms with E-state index in [1.165, 1.54) is 0 Å². The highest BCUT2D eigenvalue weighted by Gasteiger charge is 2.41. The van der Waals surface area contributed by atoms with Gasteiger partial charge in [0.25, 0.3) is 0 Å². The third-order valence-electron chi connectivity index (χ3n) is 5.61. The Morgan fingerprint density at radius 1 is 1.37 bits per heavy atom. The maximum atomic E-state index is 13.2. The first-order valence-electron chi connectivity index (χ1n) is 9.91. The molecule has 2 heterocycles. The number of rotatable bonds is 4. The van der Waals surface area contributed by atoms with Gasteiger partial charge in [-0.25, -0.2) is 0 Å². The Morgan fingerprint density at radius 3 is 2.90 bits per heavy atom. The number of halogens is 1. The molecular formula is C23H22ClN3OS2. The standard InChI is InChI=1S/C23H22ClN3OS2/c1-3-29-19-10-11-30-22(19)20-14(12-25)23(26)27(16-7-4-6-15(24)13(16)2)17-8-5-9-18(28)21(17)20/h4,6-7,10-11,20H,3,5,8-9,26H2,1-2H3/t20-/m0/s1. The Balaban J connectivity index is 1.99. The van der Waals surface area contributed by atoms with Gasteiger partial charge >= 0.3 is 0 Å². The van der Waals surface area contributed by atoms with Crippen LogP contribution >= 0.6 is 34.7 Å². The minimum Gasteiger partial charge on any atom is -0.384 e. The van der Waals surface area contributed by atoms with Gasteiger partial charge in [-0.15, -0.1) is 23.1 Å². The first-order chi connectivity index (χ1) is 14.5. The van der Waals surface area contributed by atoms with Gasteiger partial charge in [0.1, 0.15) is 5.82 Å². The molecule has 1 aliphatic carbocycles. The minimum atomic E-state index is -0.400. The Morgan fingerprint density at radius 2 is 2.17 bits per heavy atom. The van der Waals surface area contributed by atoms with E-state index < -0.39 is 5.92 Å². The van der Waals surface area contributed by atoms with Gasteiger partial charge in [-0.05, 0) is 54.7 Å². The summed E-state index contributed by atoms with van der Waals surface area (Å²) in [4.78, 5) is 17.3. The number of thiophene rings is 1. The number of allylic oxidation sites excluding steroid dienone is 3. The summed E-state index contributed by atoms with van der Waals surface area (Å²) in [5, 5.41) is 12.8. The predicted molar refractivity (Wildman–Crippen MR) is 125 cm³/mol. The molecule has 1 aromatic heterocycles. The van der Waals surface area contributed by atoms with E-state index in [1.54, 1.807) is 23.1 Å². The van der Waals surface area contributed by atoms with Gasteiger partial charge in [-0.1, -0.05) is 24.6 Å². The van der Waals surface area contributed by atoms with E-state index in [0.717, 1.165) is 45.3 Å². The number of carbonyl (C=O) groups is 1. The molecule has 0 unspecified atom stereocenters. The van der Waals surface area contributed by atoms with Crippen molar-refractivity contribution in [2.75, 3.05) is 10.7 Å². The van der Waals surface area contributed by atoms with E-state index in [4.69, 9.17) is 17.3 Å². The molecule has 4 rings (SSSR count). The maximum Gasteiger partial charge on any atom is 0.161 e. The SMILES string of the molecule is CCSc1ccsc1[C@H]1C(C#N)=C(N)N(c2cccc(Cl)c2C)C2=C1C(=O)CCC2. The smallest absolute Gasteiger partial charge is 0.161 e. The van der Waals surface area contributed by atoms with E-state index in [2.05, 4.69) is 19.1 Å². The monoisotopic (exact) mass is 455 g/mol. The van der Waals surface area contributed by atoms with Crippen LogP contribution in [0.3, 0.4) is 0 Å². The van der Waals surface area contributed by atoms with Crippen molar-refractivity contribution < 1.29 is 4.79 Å². The number of benzene rings is 1. The summed E-state index contributed by atoms with van der Waals surface area (Å²) in [6.07, 6.45) is 2.01. The van der Waals surface area contributed by atoms with Crippen LogP contribution in [0.25, 0.3) is 0 Å². The molecule has 0 amide bonds. The second kappa shape index (κ2) is 8.50. The molecule has 4 nitrogen and oxygen atoms in total. The zero-order valence-corrected chi connectivity index (χ0v) is 19.3. The van der Waals surface area contributed by atoms with Crippen LogP contribution in [0, 0.1) is 18.3 Å². The van der Waals surface area contributed by atoms with E-state index in [-0.39, 0.29) is 5.78 Å². The van der Waals surface area contributed by atoms with Crippen molar-refractivity contribution in [3.8, 4) is 6.07 Å². The number of Topliss-reactive ketones (excluding diaryl/α,β-unsaturated/α-hetero) is 1. The third kappa shape index (κ3) is 3.35. The largest absolute Gasteiger partial charge is 0.384 e. The van der Waals surface area contributed by atoms with E-state index in [1.807, 2.05) is 35.4 Å². The van der Waals surface area contributed by atoms with Crippen molar-refractivity contribution in [2.45, 2.75) is 43.9 Å². The van der Waals surface area contributed by atoms with E-state index in [0.29, 0.717) is 28.4 Å². The summed E-state index contributed by atoms with van der Waals surface area (Å²) in [6.45, 7) is 4.03. The van der Waals surface area contributed by atoms with Gasteiger partial charge in [-0.3, -0.25) is 9.69 Å². The molecule has 2 aromatic rings. The molecule has 1 aliphatic heterocycles. The second-order valence-corrected chi connectivity index (χ2v) is 9.94. The fourth-order valence-electron chi connectivity index (χ4n) is 4.26. The predicted octanol–water partition coefficient (Wildman–Crippen LogP) is 6.13. The number of nitriles is 1. The molecule has 0 saturated carbocycles. The molecule has 154 valence electrons. The highest BCUT2D eigenvalue weighted by molar-refractivity contribution is 7.99. The van der Waals surface area contributed by atoms with Gasteiger partial charge in [0.2, 0.25) is 0 Å². The Kier molecular flexibility index (Phi) is 5.97. The van der Waals surface area contributed by atoms with Crippen LogP contribution in [-0.4, -0.2) is 11.5 Å². The zero-order chi connectivity index (χ0) is 21.4. The van der Waals surface area contributed by atoms with E-state index >= 15 is 0 Å². The maximum absolute atomic E-state index is 13.2. The number of anilines is 1. The van der Waals surface area contributed by atoms with Crippen molar-refractivity contribution in [1.82, 2.24) is 0 Å². The van der Waals surface area contributed by atoms with Crippen molar-refractivity contribution in [1.29, 1.82) is 5.26 Å². The summed E-state index contributed by atoms with van der Waals surface area (Å²) >= 11 is 9.71. The zero-order valence-electron chi connectivity index (χ0n) is 16.9. The highest BCUT2D eigenvalue weighted by atomic mass is 35.5. The molecule has 1 atom stereocenters. The number of nitrogens with zero attached hydrogens (tertiary/aromatic N) is 2. The Labute approximate surface area is 190 Å². The van der Waals surface area contributed by atoms with Crippen LogP contribution in [0.2, 0.25) is 5.02 Å². The normalized spacial score (nSPS) is 19.2. The molecule has 0 bridgehead atoms. The molecule has 0 fully saturated rings. The molecule has 0 spiro atoms. The summed E-state index contributed by atoms with van der Waals surface area (Å²) < 4.78 is 0. The Bertz CT molecular complexity index is 1130.